The Labute approximate surface area is 116 Å². The lowest BCUT2D eigenvalue weighted by Gasteiger charge is -2.15. The Balaban J connectivity index is 2.19. The first kappa shape index (κ1) is 13.9. The van der Waals surface area contributed by atoms with E-state index in [1.165, 1.54) is 12.1 Å². The van der Waals surface area contributed by atoms with Gasteiger partial charge in [0.1, 0.15) is 11.6 Å². The third-order valence-electron chi connectivity index (χ3n) is 2.75. The first-order chi connectivity index (χ1) is 9.22. The van der Waals surface area contributed by atoms with Gasteiger partial charge < -0.3 is 10.5 Å². The third-order valence-corrected chi connectivity index (χ3v) is 4.03. The molecule has 0 amide bonds. The number of methoxy groups -OCH3 is 1. The quantitative estimate of drug-likeness (QED) is 0.848. The van der Waals surface area contributed by atoms with E-state index < -0.39 is 0 Å². The van der Waals surface area contributed by atoms with Crippen LogP contribution in [0.25, 0.3) is 0 Å². The third kappa shape index (κ3) is 3.72. The van der Waals surface area contributed by atoms with Crippen molar-refractivity contribution in [2.75, 3.05) is 13.7 Å². The molecule has 2 aromatic rings. The zero-order valence-corrected chi connectivity index (χ0v) is 11.5. The summed E-state index contributed by atoms with van der Waals surface area (Å²) in [7, 11) is 1.64. The Morgan fingerprint density at radius 1 is 1.21 bits per heavy atom. The van der Waals surface area contributed by atoms with Crippen LogP contribution >= 0.6 is 11.8 Å². The van der Waals surface area contributed by atoms with Crippen molar-refractivity contribution in [3.8, 4) is 5.75 Å². The van der Waals surface area contributed by atoms with Gasteiger partial charge in [-0.3, -0.25) is 0 Å². The number of ether oxygens (including phenoxy) is 1. The average Bonchev–Trinajstić information content (AvgIpc) is 2.45. The maximum absolute atomic E-state index is 13.2. The van der Waals surface area contributed by atoms with Crippen LogP contribution < -0.4 is 10.5 Å². The highest BCUT2D eigenvalue weighted by atomic mass is 32.2. The highest BCUT2D eigenvalue weighted by Gasteiger charge is 2.12. The molecule has 2 rings (SSSR count). The molecule has 1 atom stereocenters. The molecule has 0 aliphatic heterocycles. The van der Waals surface area contributed by atoms with Gasteiger partial charge in [-0.1, -0.05) is 18.2 Å². The molecule has 2 aromatic carbocycles. The molecule has 0 saturated heterocycles. The van der Waals surface area contributed by atoms with E-state index in [-0.39, 0.29) is 11.1 Å². The Kier molecular flexibility index (Phi) is 4.82. The number of hydrogen-bond donors (Lipinski definition) is 1. The number of benzene rings is 2. The summed E-state index contributed by atoms with van der Waals surface area (Å²) in [6, 6.07) is 14.3. The van der Waals surface area contributed by atoms with Gasteiger partial charge in [-0.25, -0.2) is 4.39 Å². The second kappa shape index (κ2) is 6.59. The molecule has 0 bridgehead atoms. The summed E-state index contributed by atoms with van der Waals surface area (Å²) in [5, 5.41) is 0.0805. The van der Waals surface area contributed by atoms with Gasteiger partial charge in [0, 0.05) is 16.7 Å². The second-order valence-corrected chi connectivity index (χ2v) is 5.35. The highest BCUT2D eigenvalue weighted by Crippen LogP contribution is 2.35. The van der Waals surface area contributed by atoms with E-state index in [1.54, 1.807) is 24.9 Å². The number of thioether (sulfide) groups is 1. The molecule has 0 radical (unpaired) electrons. The van der Waals surface area contributed by atoms with Crippen LogP contribution in [0.4, 0.5) is 4.39 Å². The van der Waals surface area contributed by atoms with Gasteiger partial charge in [-0.05, 0) is 35.9 Å². The Bertz CT molecular complexity index is 547. The molecule has 100 valence electrons. The molecule has 19 heavy (non-hydrogen) atoms. The summed E-state index contributed by atoms with van der Waals surface area (Å²) in [6.45, 7) is 0.481. The normalized spacial score (nSPS) is 12.2. The monoisotopic (exact) mass is 277 g/mol. The molecule has 0 heterocycles. The minimum absolute atomic E-state index is 0.0805. The molecule has 0 aliphatic rings. The smallest absolute Gasteiger partial charge is 0.124 e. The Hall–Kier alpha value is -1.52. The minimum atomic E-state index is -0.230. The summed E-state index contributed by atoms with van der Waals surface area (Å²) >= 11 is 1.55. The van der Waals surface area contributed by atoms with Crippen LogP contribution in [0.2, 0.25) is 0 Å². The van der Waals surface area contributed by atoms with Crippen molar-refractivity contribution >= 4 is 11.8 Å². The van der Waals surface area contributed by atoms with Gasteiger partial charge in [0.25, 0.3) is 0 Å². The molecular formula is C15H16FNOS. The molecule has 4 heteroatoms. The van der Waals surface area contributed by atoms with Gasteiger partial charge in [0.05, 0.1) is 7.11 Å². The van der Waals surface area contributed by atoms with Gasteiger partial charge in [0.2, 0.25) is 0 Å². The average molecular weight is 277 g/mol. The van der Waals surface area contributed by atoms with Crippen molar-refractivity contribution in [3.05, 3.63) is 59.9 Å². The zero-order valence-electron chi connectivity index (χ0n) is 10.7. The van der Waals surface area contributed by atoms with Crippen LogP contribution in [0.1, 0.15) is 10.8 Å². The van der Waals surface area contributed by atoms with Crippen molar-refractivity contribution < 1.29 is 9.13 Å². The molecule has 0 fully saturated rings. The van der Waals surface area contributed by atoms with E-state index in [9.17, 15) is 4.39 Å². The van der Waals surface area contributed by atoms with E-state index in [1.807, 2.05) is 30.3 Å². The van der Waals surface area contributed by atoms with Gasteiger partial charge in [-0.15, -0.1) is 11.8 Å². The van der Waals surface area contributed by atoms with E-state index in [2.05, 4.69) is 0 Å². The summed E-state index contributed by atoms with van der Waals surface area (Å²) < 4.78 is 18.4. The fourth-order valence-corrected chi connectivity index (χ4v) is 2.84. The van der Waals surface area contributed by atoms with Crippen LogP contribution in [0.3, 0.4) is 0 Å². The highest BCUT2D eigenvalue weighted by molar-refractivity contribution is 7.99. The topological polar surface area (TPSA) is 35.2 Å². The van der Waals surface area contributed by atoms with E-state index in [0.29, 0.717) is 6.54 Å². The van der Waals surface area contributed by atoms with Crippen molar-refractivity contribution in [3.63, 3.8) is 0 Å². The van der Waals surface area contributed by atoms with E-state index in [4.69, 9.17) is 10.5 Å². The number of halogens is 1. The van der Waals surface area contributed by atoms with Crippen molar-refractivity contribution in [2.45, 2.75) is 10.1 Å². The van der Waals surface area contributed by atoms with Crippen LogP contribution in [0.15, 0.2) is 53.4 Å². The molecule has 0 spiro atoms. The van der Waals surface area contributed by atoms with Crippen molar-refractivity contribution in [2.24, 2.45) is 5.73 Å². The second-order valence-electron chi connectivity index (χ2n) is 4.08. The first-order valence-electron chi connectivity index (χ1n) is 5.99. The largest absolute Gasteiger partial charge is 0.497 e. The predicted molar refractivity (Wildman–Crippen MR) is 77.0 cm³/mol. The number of nitrogens with two attached hydrogens (primary N) is 1. The molecule has 0 aliphatic carbocycles. The molecule has 2 N–H and O–H groups in total. The zero-order chi connectivity index (χ0) is 13.7. The van der Waals surface area contributed by atoms with Crippen molar-refractivity contribution in [1.29, 1.82) is 0 Å². The Morgan fingerprint density at radius 2 is 2.00 bits per heavy atom. The predicted octanol–water partition coefficient (Wildman–Crippen LogP) is 3.63. The lowest BCUT2D eigenvalue weighted by Crippen LogP contribution is -2.09. The summed E-state index contributed by atoms with van der Waals surface area (Å²) in [4.78, 5) is 0.873. The van der Waals surface area contributed by atoms with Crippen molar-refractivity contribution in [1.82, 2.24) is 0 Å². The Morgan fingerprint density at radius 3 is 2.68 bits per heavy atom. The maximum Gasteiger partial charge on any atom is 0.124 e. The minimum Gasteiger partial charge on any atom is -0.497 e. The van der Waals surface area contributed by atoms with Crippen LogP contribution in [0.5, 0.6) is 5.75 Å². The lowest BCUT2D eigenvalue weighted by atomic mass is 10.1. The standard InChI is InChI=1S/C15H16FNOS/c1-18-13-6-2-4-11(8-13)15(10-17)19-14-7-3-5-12(16)9-14/h2-9,15H,10,17H2,1H3. The van der Waals surface area contributed by atoms with Crippen LogP contribution in [-0.4, -0.2) is 13.7 Å². The number of rotatable bonds is 5. The van der Waals surface area contributed by atoms with Gasteiger partial charge in [-0.2, -0.15) is 0 Å². The van der Waals surface area contributed by atoms with E-state index >= 15 is 0 Å². The molecule has 2 nitrogen and oxygen atoms in total. The van der Waals surface area contributed by atoms with Crippen LogP contribution in [0, 0.1) is 5.82 Å². The molecule has 1 unspecified atom stereocenters. The summed E-state index contributed by atoms with van der Waals surface area (Å²) in [5.74, 6) is 0.571. The maximum atomic E-state index is 13.2. The van der Waals surface area contributed by atoms with Gasteiger partial charge in [0.15, 0.2) is 0 Å². The fraction of sp³-hybridized carbons (Fsp3) is 0.200. The molecular weight excluding hydrogens is 261 g/mol. The molecule has 0 aromatic heterocycles. The van der Waals surface area contributed by atoms with Gasteiger partial charge >= 0.3 is 0 Å². The SMILES string of the molecule is COc1cccc(C(CN)Sc2cccc(F)c2)c1. The summed E-state index contributed by atoms with van der Waals surface area (Å²) in [5.41, 5.74) is 6.91. The van der Waals surface area contributed by atoms with Crippen LogP contribution in [-0.2, 0) is 0 Å². The first-order valence-corrected chi connectivity index (χ1v) is 6.87. The molecule has 0 saturated carbocycles. The number of hydrogen-bond acceptors (Lipinski definition) is 3. The lowest BCUT2D eigenvalue weighted by molar-refractivity contribution is 0.414. The summed E-state index contributed by atoms with van der Waals surface area (Å²) in [6.07, 6.45) is 0. The fourth-order valence-electron chi connectivity index (χ4n) is 1.80. The van der Waals surface area contributed by atoms with E-state index in [0.717, 1.165) is 16.2 Å².